The lowest BCUT2D eigenvalue weighted by Crippen LogP contribution is -2.41. The molecule has 0 aromatic carbocycles. The van der Waals surface area contributed by atoms with Gasteiger partial charge in [-0.1, -0.05) is 26.7 Å². The van der Waals surface area contributed by atoms with Crippen molar-refractivity contribution >= 4 is 5.82 Å². The van der Waals surface area contributed by atoms with Crippen LogP contribution in [0.4, 0.5) is 5.82 Å². The van der Waals surface area contributed by atoms with Crippen molar-refractivity contribution in [2.45, 2.75) is 52.1 Å². The van der Waals surface area contributed by atoms with Gasteiger partial charge < -0.3 is 10.8 Å². The number of pyridine rings is 1. The number of nitrogens with zero attached hydrogens (tertiary/aromatic N) is 1. The second-order valence-electron chi connectivity index (χ2n) is 5.97. The largest absolute Gasteiger partial charge is 0.385 e. The smallest absolute Gasteiger partial charge is 0.129 e. The van der Waals surface area contributed by atoms with Crippen LogP contribution >= 0.6 is 0 Å². The minimum Gasteiger partial charge on any atom is -0.385 e. The van der Waals surface area contributed by atoms with Crippen molar-refractivity contribution in [3.63, 3.8) is 0 Å². The van der Waals surface area contributed by atoms with Gasteiger partial charge in [0.05, 0.1) is 5.60 Å². The summed E-state index contributed by atoms with van der Waals surface area (Å²) >= 11 is 0. The third kappa shape index (κ3) is 2.24. The standard InChI is InChI=1S/C15H24N2O/c1-10(2)12-6-4-5-7-15(12,18)13-8-11(3)9-17-14(13)16/h8-10,12,18H,4-7H2,1-3H3,(H2,16,17). The molecule has 3 nitrogen and oxygen atoms in total. The molecular weight excluding hydrogens is 224 g/mol. The van der Waals surface area contributed by atoms with Crippen LogP contribution in [0.3, 0.4) is 0 Å². The van der Waals surface area contributed by atoms with Crippen molar-refractivity contribution in [1.29, 1.82) is 0 Å². The molecule has 0 saturated heterocycles. The highest BCUT2D eigenvalue weighted by atomic mass is 16.3. The number of aliphatic hydroxyl groups is 1. The van der Waals surface area contributed by atoms with Crippen molar-refractivity contribution in [2.24, 2.45) is 11.8 Å². The normalized spacial score (nSPS) is 28.6. The highest BCUT2D eigenvalue weighted by Gasteiger charge is 2.43. The van der Waals surface area contributed by atoms with Crippen LogP contribution in [-0.4, -0.2) is 10.1 Å². The predicted molar refractivity (Wildman–Crippen MR) is 74.1 cm³/mol. The van der Waals surface area contributed by atoms with E-state index >= 15 is 0 Å². The van der Waals surface area contributed by atoms with Crippen LogP contribution in [0.5, 0.6) is 0 Å². The molecule has 1 aromatic heterocycles. The summed E-state index contributed by atoms with van der Waals surface area (Å²) in [4.78, 5) is 4.21. The van der Waals surface area contributed by atoms with Crippen LogP contribution in [0.1, 0.15) is 50.7 Å². The monoisotopic (exact) mass is 248 g/mol. The Bertz CT molecular complexity index is 431. The zero-order chi connectivity index (χ0) is 13.3. The van der Waals surface area contributed by atoms with Crippen LogP contribution in [0.25, 0.3) is 0 Å². The van der Waals surface area contributed by atoms with Crippen molar-refractivity contribution in [2.75, 3.05) is 5.73 Å². The fourth-order valence-corrected chi connectivity index (χ4v) is 3.33. The molecular formula is C15H24N2O. The topological polar surface area (TPSA) is 59.1 Å². The summed E-state index contributed by atoms with van der Waals surface area (Å²) in [6.07, 6.45) is 5.89. The highest BCUT2D eigenvalue weighted by Crippen LogP contribution is 2.46. The second kappa shape index (κ2) is 4.88. The number of hydrogen-bond donors (Lipinski definition) is 2. The number of aryl methyl sites for hydroxylation is 1. The van der Waals surface area contributed by atoms with Crippen molar-refractivity contribution in [3.8, 4) is 0 Å². The molecule has 0 spiro atoms. The first-order valence-corrected chi connectivity index (χ1v) is 6.90. The number of anilines is 1. The third-order valence-corrected chi connectivity index (χ3v) is 4.26. The fraction of sp³-hybridized carbons (Fsp3) is 0.667. The molecule has 1 aliphatic carbocycles. The Hall–Kier alpha value is -1.09. The van der Waals surface area contributed by atoms with E-state index in [1.807, 2.05) is 13.0 Å². The molecule has 0 aliphatic heterocycles. The van der Waals surface area contributed by atoms with Crippen LogP contribution in [0, 0.1) is 18.8 Å². The molecule has 1 saturated carbocycles. The quantitative estimate of drug-likeness (QED) is 0.845. The molecule has 1 aliphatic rings. The summed E-state index contributed by atoms with van der Waals surface area (Å²) < 4.78 is 0. The molecule has 2 unspecified atom stereocenters. The van der Waals surface area contributed by atoms with E-state index in [9.17, 15) is 5.11 Å². The Balaban J connectivity index is 2.46. The number of rotatable bonds is 2. The van der Waals surface area contributed by atoms with Crippen LogP contribution in [0.15, 0.2) is 12.3 Å². The van der Waals surface area contributed by atoms with Gasteiger partial charge in [-0.2, -0.15) is 0 Å². The number of nitrogens with two attached hydrogens (primary N) is 1. The zero-order valence-electron chi connectivity index (χ0n) is 11.6. The van der Waals surface area contributed by atoms with E-state index in [1.54, 1.807) is 6.20 Å². The van der Waals surface area contributed by atoms with Gasteiger partial charge >= 0.3 is 0 Å². The predicted octanol–water partition coefficient (Wildman–Crippen LogP) is 3.01. The summed E-state index contributed by atoms with van der Waals surface area (Å²) in [6.45, 7) is 6.35. The van der Waals surface area contributed by atoms with Crippen molar-refractivity contribution in [1.82, 2.24) is 4.98 Å². The fourth-order valence-electron chi connectivity index (χ4n) is 3.33. The second-order valence-corrected chi connectivity index (χ2v) is 5.97. The third-order valence-electron chi connectivity index (χ3n) is 4.26. The van der Waals surface area contributed by atoms with Crippen molar-refractivity contribution in [3.05, 3.63) is 23.4 Å². The van der Waals surface area contributed by atoms with E-state index in [2.05, 4.69) is 18.8 Å². The summed E-state index contributed by atoms with van der Waals surface area (Å²) in [5.74, 6) is 1.21. The molecule has 3 N–H and O–H groups in total. The van der Waals surface area contributed by atoms with Gasteiger partial charge in [-0.25, -0.2) is 4.98 Å². The Kier molecular flexibility index (Phi) is 3.62. The molecule has 18 heavy (non-hydrogen) atoms. The molecule has 2 rings (SSSR count). The van der Waals surface area contributed by atoms with E-state index in [1.165, 1.54) is 6.42 Å². The molecule has 2 atom stereocenters. The van der Waals surface area contributed by atoms with E-state index < -0.39 is 5.60 Å². The highest BCUT2D eigenvalue weighted by molar-refractivity contribution is 5.45. The average molecular weight is 248 g/mol. The van der Waals surface area contributed by atoms with E-state index in [0.717, 1.165) is 30.4 Å². The Labute approximate surface area is 109 Å². The van der Waals surface area contributed by atoms with E-state index in [-0.39, 0.29) is 5.92 Å². The first-order chi connectivity index (χ1) is 8.45. The van der Waals surface area contributed by atoms with E-state index in [0.29, 0.717) is 11.7 Å². The minimum absolute atomic E-state index is 0.275. The number of hydrogen-bond acceptors (Lipinski definition) is 3. The number of nitrogen functional groups attached to an aromatic ring is 1. The molecule has 0 amide bonds. The van der Waals surface area contributed by atoms with Gasteiger partial charge in [0.1, 0.15) is 5.82 Å². The molecule has 0 radical (unpaired) electrons. The lowest BCUT2D eigenvalue weighted by atomic mass is 9.67. The van der Waals surface area contributed by atoms with Gasteiger partial charge in [0.25, 0.3) is 0 Å². The maximum absolute atomic E-state index is 11.2. The minimum atomic E-state index is -0.796. The summed E-state index contributed by atoms with van der Waals surface area (Å²) in [5, 5.41) is 11.2. The molecule has 1 fully saturated rings. The molecule has 0 bridgehead atoms. The molecule has 3 heteroatoms. The Morgan fingerprint density at radius 3 is 2.83 bits per heavy atom. The van der Waals surface area contributed by atoms with Gasteiger partial charge in [0.15, 0.2) is 0 Å². The summed E-state index contributed by atoms with van der Waals surface area (Å²) in [5.41, 5.74) is 7.09. The maximum Gasteiger partial charge on any atom is 0.129 e. The summed E-state index contributed by atoms with van der Waals surface area (Å²) in [6, 6.07) is 2.00. The lowest BCUT2D eigenvalue weighted by molar-refractivity contribution is -0.0717. The van der Waals surface area contributed by atoms with Gasteiger partial charge in [0, 0.05) is 11.8 Å². The lowest BCUT2D eigenvalue weighted by Gasteiger charge is -2.43. The van der Waals surface area contributed by atoms with Crippen LogP contribution in [0.2, 0.25) is 0 Å². The van der Waals surface area contributed by atoms with Crippen LogP contribution < -0.4 is 5.73 Å². The van der Waals surface area contributed by atoms with Gasteiger partial charge in [-0.05, 0) is 43.2 Å². The average Bonchev–Trinajstić information content (AvgIpc) is 2.32. The summed E-state index contributed by atoms with van der Waals surface area (Å²) in [7, 11) is 0. The molecule has 1 aromatic rings. The van der Waals surface area contributed by atoms with Gasteiger partial charge in [-0.3, -0.25) is 0 Å². The molecule has 1 heterocycles. The van der Waals surface area contributed by atoms with Gasteiger partial charge in [-0.15, -0.1) is 0 Å². The van der Waals surface area contributed by atoms with E-state index in [4.69, 9.17) is 5.73 Å². The maximum atomic E-state index is 11.2. The SMILES string of the molecule is Cc1cnc(N)c(C2(O)CCCCC2C(C)C)c1. The first-order valence-electron chi connectivity index (χ1n) is 6.90. The van der Waals surface area contributed by atoms with Crippen LogP contribution in [-0.2, 0) is 5.60 Å². The van der Waals surface area contributed by atoms with Crippen molar-refractivity contribution < 1.29 is 5.11 Å². The Morgan fingerprint density at radius 2 is 2.17 bits per heavy atom. The number of aromatic nitrogens is 1. The van der Waals surface area contributed by atoms with Gasteiger partial charge in [0.2, 0.25) is 0 Å². The zero-order valence-corrected chi connectivity index (χ0v) is 11.6. The Morgan fingerprint density at radius 1 is 1.44 bits per heavy atom. The first kappa shape index (κ1) is 13.3. The molecule has 100 valence electrons.